The number of morpholine rings is 1. The standard InChI is InChI=1S/C13H17NO2S.ClH/c17-13(12-4-2-1-3-5-12)16-11-8-14-6-9-15-10-7-14;/h1-5H,6-11H2;1H. The van der Waals surface area contributed by atoms with Crippen LogP contribution in [0.1, 0.15) is 5.56 Å². The van der Waals surface area contributed by atoms with Crippen molar-refractivity contribution in [3.63, 3.8) is 0 Å². The van der Waals surface area contributed by atoms with Gasteiger partial charge in [-0.05, 0) is 12.2 Å². The zero-order valence-corrected chi connectivity index (χ0v) is 11.8. The summed E-state index contributed by atoms with van der Waals surface area (Å²) in [6.07, 6.45) is 0. The lowest BCUT2D eigenvalue weighted by Gasteiger charge is -2.23. The Labute approximate surface area is 119 Å². The van der Waals surface area contributed by atoms with Crippen LogP contribution in [0.4, 0.5) is 0 Å². The van der Waals surface area contributed by atoms with Gasteiger partial charge in [0.1, 0.15) is 26.2 Å². The molecule has 0 amide bonds. The van der Waals surface area contributed by atoms with Crippen molar-refractivity contribution in [2.45, 2.75) is 0 Å². The predicted molar refractivity (Wildman–Crippen MR) is 70.5 cm³/mol. The van der Waals surface area contributed by atoms with Crippen LogP contribution < -0.4 is 17.3 Å². The lowest BCUT2D eigenvalue weighted by molar-refractivity contribution is -0.908. The Morgan fingerprint density at radius 3 is 2.56 bits per heavy atom. The maximum atomic E-state index is 5.60. The summed E-state index contributed by atoms with van der Waals surface area (Å²) in [5, 5.41) is 0.596. The minimum Gasteiger partial charge on any atom is -1.00 e. The topological polar surface area (TPSA) is 22.9 Å². The second-order valence-electron chi connectivity index (χ2n) is 4.11. The van der Waals surface area contributed by atoms with Crippen LogP contribution in [-0.2, 0) is 9.47 Å². The summed E-state index contributed by atoms with van der Waals surface area (Å²) in [6, 6.07) is 9.87. The summed E-state index contributed by atoms with van der Waals surface area (Å²) in [7, 11) is 0. The third-order valence-corrected chi connectivity index (χ3v) is 3.25. The summed E-state index contributed by atoms with van der Waals surface area (Å²) in [4.78, 5) is 1.53. The van der Waals surface area contributed by atoms with Gasteiger partial charge in [0.2, 0.25) is 0 Å². The predicted octanol–water partition coefficient (Wildman–Crippen LogP) is -2.70. The van der Waals surface area contributed by atoms with Gasteiger partial charge in [-0.2, -0.15) is 0 Å². The highest BCUT2D eigenvalue weighted by molar-refractivity contribution is 7.80. The molecule has 0 saturated carbocycles. The molecule has 100 valence electrons. The van der Waals surface area contributed by atoms with E-state index in [0.29, 0.717) is 11.7 Å². The lowest BCUT2D eigenvalue weighted by Crippen LogP contribution is -3.14. The van der Waals surface area contributed by atoms with E-state index < -0.39 is 0 Å². The average Bonchev–Trinajstić information content (AvgIpc) is 2.41. The molecule has 1 saturated heterocycles. The first-order valence-corrected chi connectivity index (χ1v) is 6.40. The Bertz CT molecular complexity index is 355. The van der Waals surface area contributed by atoms with Gasteiger partial charge in [-0.15, -0.1) is 0 Å². The molecule has 0 radical (unpaired) electrons. The first kappa shape index (κ1) is 15.4. The molecule has 1 fully saturated rings. The number of hydrogen-bond acceptors (Lipinski definition) is 3. The van der Waals surface area contributed by atoms with E-state index in [0.717, 1.165) is 38.4 Å². The maximum Gasteiger partial charge on any atom is 0.191 e. The first-order valence-electron chi connectivity index (χ1n) is 6.00. The number of quaternary nitrogens is 1. The van der Waals surface area contributed by atoms with Gasteiger partial charge in [0.15, 0.2) is 5.05 Å². The van der Waals surface area contributed by atoms with Gasteiger partial charge >= 0.3 is 0 Å². The van der Waals surface area contributed by atoms with Crippen LogP contribution in [0, 0.1) is 0 Å². The van der Waals surface area contributed by atoms with Crippen molar-refractivity contribution in [3.8, 4) is 0 Å². The van der Waals surface area contributed by atoms with E-state index in [1.807, 2.05) is 30.3 Å². The quantitative estimate of drug-likeness (QED) is 0.610. The first-order chi connectivity index (χ1) is 8.36. The van der Waals surface area contributed by atoms with Crippen molar-refractivity contribution in [2.24, 2.45) is 0 Å². The van der Waals surface area contributed by atoms with Crippen LogP contribution in [0.3, 0.4) is 0 Å². The largest absolute Gasteiger partial charge is 1.00 e. The Morgan fingerprint density at radius 2 is 1.89 bits per heavy atom. The summed E-state index contributed by atoms with van der Waals surface area (Å²) >= 11 is 5.23. The number of nitrogens with one attached hydrogen (secondary N) is 1. The van der Waals surface area contributed by atoms with Crippen LogP contribution in [-0.4, -0.2) is 44.5 Å². The highest BCUT2D eigenvalue weighted by Gasteiger charge is 2.13. The SMILES string of the molecule is S=C(OCC[NH+]1CCOCC1)c1ccccc1.[Cl-]. The van der Waals surface area contributed by atoms with Crippen molar-refractivity contribution in [1.29, 1.82) is 0 Å². The highest BCUT2D eigenvalue weighted by atomic mass is 35.5. The number of rotatable bonds is 4. The molecule has 0 atom stereocenters. The monoisotopic (exact) mass is 287 g/mol. The van der Waals surface area contributed by atoms with E-state index in [2.05, 4.69) is 0 Å². The van der Waals surface area contributed by atoms with Crippen LogP contribution in [0.2, 0.25) is 0 Å². The van der Waals surface area contributed by atoms with Crippen molar-refractivity contribution in [2.75, 3.05) is 39.5 Å². The minimum atomic E-state index is 0. The van der Waals surface area contributed by atoms with Crippen molar-refractivity contribution < 1.29 is 26.8 Å². The molecule has 1 aromatic carbocycles. The van der Waals surface area contributed by atoms with Gasteiger partial charge in [-0.3, -0.25) is 0 Å². The fourth-order valence-electron chi connectivity index (χ4n) is 1.86. The van der Waals surface area contributed by atoms with Crippen molar-refractivity contribution >= 4 is 17.3 Å². The normalized spacial score (nSPS) is 15.8. The molecule has 3 nitrogen and oxygen atoms in total. The zero-order chi connectivity index (χ0) is 11.9. The molecule has 1 N–H and O–H groups in total. The molecule has 2 rings (SSSR count). The van der Waals surface area contributed by atoms with Gasteiger partial charge in [0, 0.05) is 5.56 Å². The zero-order valence-electron chi connectivity index (χ0n) is 10.2. The van der Waals surface area contributed by atoms with Crippen LogP contribution in [0.5, 0.6) is 0 Å². The van der Waals surface area contributed by atoms with E-state index in [4.69, 9.17) is 21.7 Å². The number of hydrogen-bond donors (Lipinski definition) is 1. The van der Waals surface area contributed by atoms with Gasteiger partial charge in [0.05, 0.1) is 13.2 Å². The molecule has 0 spiro atoms. The summed E-state index contributed by atoms with van der Waals surface area (Å²) in [6.45, 7) is 5.54. The number of benzene rings is 1. The molecule has 0 aromatic heterocycles. The minimum absolute atomic E-state index is 0. The average molecular weight is 288 g/mol. The van der Waals surface area contributed by atoms with E-state index in [-0.39, 0.29) is 12.4 Å². The molecule has 0 unspecified atom stereocenters. The lowest BCUT2D eigenvalue weighted by atomic mass is 10.2. The van der Waals surface area contributed by atoms with E-state index >= 15 is 0 Å². The number of ether oxygens (including phenoxy) is 2. The molecule has 0 aliphatic carbocycles. The third kappa shape index (κ3) is 4.90. The van der Waals surface area contributed by atoms with Gasteiger partial charge < -0.3 is 26.8 Å². The van der Waals surface area contributed by atoms with Crippen LogP contribution in [0.15, 0.2) is 30.3 Å². The molecule has 1 aliphatic heterocycles. The molecule has 1 aliphatic rings. The second kappa shape index (κ2) is 8.43. The second-order valence-corrected chi connectivity index (χ2v) is 4.49. The van der Waals surface area contributed by atoms with Gasteiger partial charge in [-0.25, -0.2) is 0 Å². The Kier molecular flexibility index (Phi) is 7.20. The summed E-state index contributed by atoms with van der Waals surface area (Å²) in [5.41, 5.74) is 0.986. The van der Waals surface area contributed by atoms with Crippen LogP contribution >= 0.6 is 12.2 Å². The molecule has 1 heterocycles. The van der Waals surface area contributed by atoms with Crippen molar-refractivity contribution in [3.05, 3.63) is 35.9 Å². The molecule has 1 aromatic rings. The summed E-state index contributed by atoms with van der Waals surface area (Å²) in [5.74, 6) is 0. The van der Waals surface area contributed by atoms with Crippen molar-refractivity contribution in [1.82, 2.24) is 0 Å². The smallest absolute Gasteiger partial charge is 0.191 e. The fraction of sp³-hybridized carbons (Fsp3) is 0.462. The Balaban J connectivity index is 0.00000162. The fourth-order valence-corrected chi connectivity index (χ4v) is 2.08. The van der Waals surface area contributed by atoms with E-state index in [1.165, 1.54) is 4.90 Å². The van der Waals surface area contributed by atoms with E-state index in [9.17, 15) is 0 Å². The van der Waals surface area contributed by atoms with Crippen LogP contribution in [0.25, 0.3) is 0 Å². The van der Waals surface area contributed by atoms with E-state index in [1.54, 1.807) is 0 Å². The summed E-state index contributed by atoms with van der Waals surface area (Å²) < 4.78 is 10.9. The molecular formula is C13H18ClNO2S. The highest BCUT2D eigenvalue weighted by Crippen LogP contribution is 2.01. The molecule has 0 bridgehead atoms. The molecular weight excluding hydrogens is 270 g/mol. The maximum absolute atomic E-state index is 5.60. The molecule has 5 heteroatoms. The Morgan fingerprint density at radius 1 is 1.22 bits per heavy atom. The number of halogens is 1. The Hall–Kier alpha value is -0.680. The third-order valence-electron chi connectivity index (χ3n) is 2.90. The molecule has 18 heavy (non-hydrogen) atoms. The number of thiocarbonyl (C=S) groups is 1. The van der Waals surface area contributed by atoms with Gasteiger partial charge in [-0.1, -0.05) is 30.3 Å². The van der Waals surface area contributed by atoms with Gasteiger partial charge in [0.25, 0.3) is 0 Å².